The molecule has 0 aromatic carbocycles. The molecule has 0 aliphatic carbocycles. The first-order valence-corrected chi connectivity index (χ1v) is 13.1. The van der Waals surface area contributed by atoms with E-state index in [2.05, 4.69) is 75.0 Å². The van der Waals surface area contributed by atoms with Crippen LogP contribution in [0.25, 0.3) is 0 Å². The third-order valence-corrected chi connectivity index (χ3v) is 5.24. The van der Waals surface area contributed by atoms with Crippen molar-refractivity contribution < 1.29 is 14.3 Å². The van der Waals surface area contributed by atoms with Gasteiger partial charge in [-0.1, -0.05) is 76.0 Å². The number of terminal acetylenes is 1. The Hall–Kier alpha value is -1.91. The SMILES string of the molecule is C.C.C.C#CCCCNC(=O)C1CCCN1COC[C@@H](N)C(C)(C)C.C=C=C(C)COCNCC=C.CCC. The number of likely N-dealkylation sites (tertiary alicyclic amines) is 1. The van der Waals surface area contributed by atoms with Crippen LogP contribution in [0.5, 0.6) is 0 Å². The highest BCUT2D eigenvalue weighted by atomic mass is 16.5. The number of nitrogens with two attached hydrogens (primary N) is 1. The minimum absolute atomic E-state index is 0. The van der Waals surface area contributed by atoms with Gasteiger partial charge in [0.05, 0.1) is 32.7 Å². The number of nitrogens with one attached hydrogen (secondary N) is 2. The van der Waals surface area contributed by atoms with Gasteiger partial charge in [-0.25, -0.2) is 0 Å². The lowest BCUT2D eigenvalue weighted by Crippen LogP contribution is -2.45. The maximum absolute atomic E-state index is 12.2. The maximum Gasteiger partial charge on any atom is 0.237 e. The molecule has 0 radical (unpaired) electrons. The predicted molar refractivity (Wildman–Crippen MR) is 173 cm³/mol. The van der Waals surface area contributed by atoms with Crippen molar-refractivity contribution >= 4 is 5.91 Å². The highest BCUT2D eigenvalue weighted by Gasteiger charge is 2.30. The fraction of sp³-hybridized carbons (Fsp3) is 0.750. The zero-order valence-electron chi connectivity index (χ0n) is 24.0. The molecule has 1 saturated heterocycles. The van der Waals surface area contributed by atoms with E-state index < -0.39 is 0 Å². The predicted octanol–water partition coefficient (Wildman–Crippen LogP) is 6.12. The van der Waals surface area contributed by atoms with E-state index in [9.17, 15) is 4.79 Å². The Morgan fingerprint density at radius 2 is 1.87 bits per heavy atom. The summed E-state index contributed by atoms with van der Waals surface area (Å²) >= 11 is 0. The summed E-state index contributed by atoms with van der Waals surface area (Å²) in [6.45, 7) is 24.0. The Labute approximate surface area is 244 Å². The molecule has 0 spiro atoms. The number of carbonyl (C=O) groups is 1. The molecule has 0 aromatic heterocycles. The molecule has 39 heavy (non-hydrogen) atoms. The van der Waals surface area contributed by atoms with E-state index >= 15 is 0 Å². The van der Waals surface area contributed by atoms with Crippen molar-refractivity contribution in [2.75, 3.05) is 46.3 Å². The maximum atomic E-state index is 12.2. The van der Waals surface area contributed by atoms with Crippen molar-refractivity contribution in [2.45, 2.75) is 108 Å². The van der Waals surface area contributed by atoms with Crippen LogP contribution in [0.15, 0.2) is 30.5 Å². The summed E-state index contributed by atoms with van der Waals surface area (Å²) in [4.78, 5) is 14.3. The molecule has 1 fully saturated rings. The second-order valence-corrected chi connectivity index (χ2v) is 9.94. The summed E-state index contributed by atoms with van der Waals surface area (Å²) in [7, 11) is 0. The summed E-state index contributed by atoms with van der Waals surface area (Å²) in [5.41, 5.74) is 9.88. The third-order valence-electron chi connectivity index (χ3n) is 5.24. The normalized spacial score (nSPS) is 14.6. The highest BCUT2D eigenvalue weighted by Crippen LogP contribution is 2.19. The summed E-state index contributed by atoms with van der Waals surface area (Å²) in [5.74, 6) is 2.66. The van der Waals surface area contributed by atoms with Crippen LogP contribution in [0, 0.1) is 17.8 Å². The number of amides is 1. The summed E-state index contributed by atoms with van der Waals surface area (Å²) in [6.07, 6.45) is 11.7. The molecule has 1 amide bonds. The lowest BCUT2D eigenvalue weighted by Gasteiger charge is -2.29. The van der Waals surface area contributed by atoms with Gasteiger partial charge in [-0.05, 0) is 37.2 Å². The number of nitrogens with zero attached hydrogens (tertiary/aromatic N) is 1. The molecule has 7 heteroatoms. The van der Waals surface area contributed by atoms with E-state index in [-0.39, 0.29) is 45.7 Å². The van der Waals surface area contributed by atoms with Crippen LogP contribution in [0.4, 0.5) is 0 Å². The smallest absolute Gasteiger partial charge is 0.237 e. The van der Waals surface area contributed by atoms with Gasteiger partial charge in [0.25, 0.3) is 0 Å². The van der Waals surface area contributed by atoms with Gasteiger partial charge >= 0.3 is 0 Å². The molecule has 1 aliphatic heterocycles. The first-order chi connectivity index (χ1) is 17.1. The average Bonchev–Trinajstić information content (AvgIpc) is 3.30. The fourth-order valence-electron chi connectivity index (χ4n) is 2.83. The zero-order chi connectivity index (χ0) is 27.8. The first-order valence-electron chi connectivity index (χ1n) is 13.1. The van der Waals surface area contributed by atoms with Crippen LogP contribution >= 0.6 is 0 Å². The molecule has 232 valence electrons. The van der Waals surface area contributed by atoms with E-state index in [0.29, 0.717) is 39.6 Å². The Morgan fingerprint density at radius 3 is 2.38 bits per heavy atom. The quantitative estimate of drug-likeness (QED) is 0.0788. The molecule has 2 atom stereocenters. The van der Waals surface area contributed by atoms with E-state index in [0.717, 1.165) is 37.9 Å². The highest BCUT2D eigenvalue weighted by molar-refractivity contribution is 5.81. The monoisotopic (exact) mass is 555 g/mol. The van der Waals surface area contributed by atoms with Crippen LogP contribution in [0.3, 0.4) is 0 Å². The van der Waals surface area contributed by atoms with Gasteiger partial charge < -0.3 is 20.5 Å². The molecule has 1 aliphatic rings. The van der Waals surface area contributed by atoms with Gasteiger partial charge in [0.2, 0.25) is 5.91 Å². The first kappa shape index (κ1) is 46.9. The molecule has 0 bridgehead atoms. The lowest BCUT2D eigenvalue weighted by molar-refractivity contribution is -0.127. The van der Waals surface area contributed by atoms with E-state index in [4.69, 9.17) is 21.6 Å². The van der Waals surface area contributed by atoms with Gasteiger partial charge in [0, 0.05) is 32.1 Å². The van der Waals surface area contributed by atoms with E-state index in [1.165, 1.54) is 6.42 Å². The van der Waals surface area contributed by atoms with E-state index in [1.807, 2.05) is 6.92 Å². The second kappa shape index (κ2) is 30.6. The Kier molecular flexibility index (Phi) is 36.8. The Bertz CT molecular complexity index is 661. The van der Waals surface area contributed by atoms with Gasteiger partial charge in [-0.15, -0.1) is 24.7 Å². The van der Waals surface area contributed by atoms with Gasteiger partial charge in [0.15, 0.2) is 0 Å². The number of hydrogen-bond donors (Lipinski definition) is 3. The molecule has 1 rings (SSSR count). The van der Waals surface area contributed by atoms with Gasteiger partial charge in [-0.2, -0.15) is 0 Å². The van der Waals surface area contributed by atoms with Crippen LogP contribution in [0.2, 0.25) is 0 Å². The van der Waals surface area contributed by atoms with Crippen LogP contribution < -0.4 is 16.4 Å². The van der Waals surface area contributed by atoms with Crippen molar-refractivity contribution in [3.05, 3.63) is 30.5 Å². The van der Waals surface area contributed by atoms with Crippen LogP contribution in [0.1, 0.15) is 95.9 Å². The molecular weight excluding hydrogens is 488 g/mol. The number of ether oxygens (including phenoxy) is 2. The zero-order valence-corrected chi connectivity index (χ0v) is 24.0. The summed E-state index contributed by atoms with van der Waals surface area (Å²) < 4.78 is 10.9. The largest absolute Gasteiger partial charge is 0.364 e. The number of hydrogen-bond acceptors (Lipinski definition) is 6. The van der Waals surface area contributed by atoms with E-state index in [1.54, 1.807) is 6.08 Å². The average molecular weight is 555 g/mol. The molecular formula is C32H66N4O3. The van der Waals surface area contributed by atoms with Crippen molar-refractivity contribution in [3.63, 3.8) is 0 Å². The van der Waals surface area contributed by atoms with Crippen molar-refractivity contribution in [2.24, 2.45) is 11.1 Å². The minimum Gasteiger partial charge on any atom is -0.364 e. The van der Waals surface area contributed by atoms with Crippen molar-refractivity contribution in [1.29, 1.82) is 0 Å². The van der Waals surface area contributed by atoms with Crippen molar-refractivity contribution in [1.82, 2.24) is 15.5 Å². The van der Waals surface area contributed by atoms with Crippen LogP contribution in [-0.4, -0.2) is 69.2 Å². The summed E-state index contributed by atoms with van der Waals surface area (Å²) in [5, 5.41) is 5.97. The standard InChI is InChI=1S/C17H31N3O2.C9H15NO.C3H8.3CH4/c1-5-6-7-10-19-16(21)14-9-8-11-20(14)13-22-12-15(18)17(2,3)4;1-4-6-10-8-11-7-9(3)5-2;1-3-2;;;/h1,14-15H,6-13,18H2,2-4H3,(H,19,21);4,10H,1-2,6-8H2,3H3;3H2,1-2H3;3*1H4/t14?,15-;;;;;/m1...../s1. The van der Waals surface area contributed by atoms with Gasteiger partial charge in [-0.3, -0.25) is 15.0 Å². The molecule has 4 N–H and O–H groups in total. The third kappa shape index (κ3) is 27.4. The number of rotatable bonds is 14. The molecule has 0 aromatic rings. The molecule has 1 unspecified atom stereocenters. The topological polar surface area (TPSA) is 88.9 Å². The Balaban J connectivity index is -0.000000193. The van der Waals surface area contributed by atoms with Crippen molar-refractivity contribution in [3.8, 4) is 12.3 Å². The van der Waals surface area contributed by atoms with Crippen LogP contribution in [-0.2, 0) is 14.3 Å². The second-order valence-electron chi connectivity index (χ2n) is 9.94. The molecule has 7 nitrogen and oxygen atoms in total. The Morgan fingerprint density at radius 1 is 1.26 bits per heavy atom. The molecule has 1 heterocycles. The number of unbranched alkanes of at least 4 members (excludes halogenated alkanes) is 1. The fourth-order valence-corrected chi connectivity index (χ4v) is 2.83. The lowest BCUT2D eigenvalue weighted by atomic mass is 9.88. The molecule has 0 saturated carbocycles. The number of carbonyl (C=O) groups excluding carboxylic acids is 1. The summed E-state index contributed by atoms with van der Waals surface area (Å²) in [6, 6.07) is -0.0946. The van der Waals surface area contributed by atoms with Gasteiger partial charge in [0.1, 0.15) is 0 Å². The minimum atomic E-state index is -0.0864.